The predicted molar refractivity (Wildman–Crippen MR) is 76.8 cm³/mol. The number of fused-ring (bicyclic) bond motifs is 1. The standard InChI is InChI=1S/C16H21NO3/c1-10-8-13-6-4-5-7-14(13)17(10)16(15-9-19-15)11(2)20-12(3)18/h4-7,10-11,15-16H,8-9H2,1-3H3. The average Bonchev–Trinajstić information content (AvgIpc) is 3.14. The van der Waals surface area contributed by atoms with Crippen LogP contribution < -0.4 is 4.90 Å². The van der Waals surface area contributed by atoms with Gasteiger partial charge in [0.1, 0.15) is 12.2 Å². The zero-order valence-electron chi connectivity index (χ0n) is 12.2. The normalized spacial score (nSPS) is 26.9. The van der Waals surface area contributed by atoms with Crippen LogP contribution in [0.2, 0.25) is 0 Å². The van der Waals surface area contributed by atoms with Gasteiger partial charge < -0.3 is 14.4 Å². The summed E-state index contributed by atoms with van der Waals surface area (Å²) >= 11 is 0. The molecule has 3 rings (SSSR count). The van der Waals surface area contributed by atoms with Crippen LogP contribution in [0.4, 0.5) is 5.69 Å². The molecule has 4 heteroatoms. The lowest BCUT2D eigenvalue weighted by atomic mass is 10.1. The van der Waals surface area contributed by atoms with Crippen molar-refractivity contribution in [1.29, 1.82) is 0 Å². The van der Waals surface area contributed by atoms with Crippen LogP contribution in [0, 0.1) is 0 Å². The van der Waals surface area contributed by atoms with Crippen LogP contribution in [0.3, 0.4) is 0 Å². The number of ether oxygens (including phenoxy) is 2. The van der Waals surface area contributed by atoms with Crippen molar-refractivity contribution >= 4 is 11.7 Å². The Labute approximate surface area is 119 Å². The molecule has 0 aliphatic carbocycles. The van der Waals surface area contributed by atoms with E-state index in [2.05, 4.69) is 36.1 Å². The maximum Gasteiger partial charge on any atom is 0.302 e. The Morgan fingerprint density at radius 3 is 2.80 bits per heavy atom. The molecule has 0 radical (unpaired) electrons. The monoisotopic (exact) mass is 275 g/mol. The van der Waals surface area contributed by atoms with E-state index >= 15 is 0 Å². The summed E-state index contributed by atoms with van der Waals surface area (Å²) in [7, 11) is 0. The molecule has 4 unspecified atom stereocenters. The number of carbonyl (C=O) groups is 1. The number of benzene rings is 1. The summed E-state index contributed by atoms with van der Waals surface area (Å²) < 4.78 is 10.9. The number of anilines is 1. The lowest BCUT2D eigenvalue weighted by molar-refractivity contribution is -0.146. The van der Waals surface area contributed by atoms with Crippen molar-refractivity contribution in [1.82, 2.24) is 0 Å². The molecule has 1 aromatic carbocycles. The zero-order chi connectivity index (χ0) is 14.3. The smallest absolute Gasteiger partial charge is 0.302 e. The topological polar surface area (TPSA) is 42.1 Å². The molecule has 20 heavy (non-hydrogen) atoms. The molecule has 0 bridgehead atoms. The average molecular weight is 275 g/mol. The van der Waals surface area contributed by atoms with Gasteiger partial charge in [0, 0.05) is 18.7 Å². The Morgan fingerprint density at radius 1 is 1.45 bits per heavy atom. The van der Waals surface area contributed by atoms with Gasteiger partial charge in [-0.2, -0.15) is 0 Å². The Balaban J connectivity index is 1.89. The number of hydrogen-bond donors (Lipinski definition) is 0. The molecule has 0 N–H and O–H groups in total. The largest absolute Gasteiger partial charge is 0.461 e. The third-order valence-corrected chi connectivity index (χ3v) is 4.15. The minimum absolute atomic E-state index is 0.0950. The zero-order valence-corrected chi connectivity index (χ0v) is 12.2. The highest BCUT2D eigenvalue weighted by Crippen LogP contribution is 2.38. The first-order valence-corrected chi connectivity index (χ1v) is 7.23. The molecule has 0 spiro atoms. The molecular formula is C16H21NO3. The highest BCUT2D eigenvalue weighted by molar-refractivity contribution is 5.66. The molecule has 1 saturated heterocycles. The highest BCUT2D eigenvalue weighted by Gasteiger charge is 2.45. The van der Waals surface area contributed by atoms with Crippen LogP contribution in [0.1, 0.15) is 26.3 Å². The van der Waals surface area contributed by atoms with Crippen molar-refractivity contribution in [2.75, 3.05) is 11.5 Å². The second-order valence-corrected chi connectivity index (χ2v) is 5.77. The highest BCUT2D eigenvalue weighted by atomic mass is 16.6. The van der Waals surface area contributed by atoms with Crippen LogP contribution in [0.5, 0.6) is 0 Å². The van der Waals surface area contributed by atoms with E-state index in [1.54, 1.807) is 0 Å². The fraction of sp³-hybridized carbons (Fsp3) is 0.562. The quantitative estimate of drug-likeness (QED) is 0.624. The molecule has 1 aromatic rings. The Kier molecular flexibility index (Phi) is 3.42. The van der Waals surface area contributed by atoms with Gasteiger partial charge in [0.2, 0.25) is 0 Å². The van der Waals surface area contributed by atoms with Crippen molar-refractivity contribution in [3.05, 3.63) is 29.8 Å². The van der Waals surface area contributed by atoms with E-state index in [0.717, 1.165) is 13.0 Å². The molecule has 4 nitrogen and oxygen atoms in total. The maximum atomic E-state index is 11.3. The Bertz CT molecular complexity index is 512. The lowest BCUT2D eigenvalue weighted by Gasteiger charge is -2.36. The molecule has 0 saturated carbocycles. The summed E-state index contributed by atoms with van der Waals surface area (Å²) in [5, 5.41) is 0. The van der Waals surface area contributed by atoms with E-state index in [1.807, 2.05) is 6.92 Å². The molecule has 1 fully saturated rings. The summed E-state index contributed by atoms with van der Waals surface area (Å²) in [5.74, 6) is -0.233. The van der Waals surface area contributed by atoms with Gasteiger partial charge in [0.15, 0.2) is 0 Å². The SMILES string of the molecule is CC(=O)OC(C)C(C1CO1)N1c2ccccc2CC1C. The predicted octanol–water partition coefficient (Wildman–Crippen LogP) is 2.16. The van der Waals surface area contributed by atoms with Crippen molar-refractivity contribution in [2.24, 2.45) is 0 Å². The number of epoxide rings is 1. The summed E-state index contributed by atoms with van der Waals surface area (Å²) in [6, 6.07) is 8.96. The molecule has 2 aliphatic heterocycles. The van der Waals surface area contributed by atoms with Gasteiger partial charge in [-0.25, -0.2) is 0 Å². The van der Waals surface area contributed by atoms with Gasteiger partial charge in [0.05, 0.1) is 12.6 Å². The number of esters is 1. The molecule has 2 aliphatic rings. The summed E-state index contributed by atoms with van der Waals surface area (Å²) in [6.07, 6.45) is 1.03. The first-order valence-electron chi connectivity index (χ1n) is 7.23. The van der Waals surface area contributed by atoms with Crippen molar-refractivity contribution in [3.8, 4) is 0 Å². The second kappa shape index (κ2) is 5.09. The van der Waals surface area contributed by atoms with Crippen molar-refractivity contribution in [3.63, 3.8) is 0 Å². The fourth-order valence-electron chi connectivity index (χ4n) is 3.34. The van der Waals surface area contributed by atoms with Gasteiger partial charge in [-0.05, 0) is 31.9 Å². The van der Waals surface area contributed by atoms with Crippen LogP contribution in [-0.4, -0.2) is 36.9 Å². The van der Waals surface area contributed by atoms with Crippen molar-refractivity contribution in [2.45, 2.75) is 51.5 Å². The summed E-state index contributed by atoms with van der Waals surface area (Å²) in [6.45, 7) is 6.39. The third-order valence-electron chi connectivity index (χ3n) is 4.15. The summed E-state index contributed by atoms with van der Waals surface area (Å²) in [5.41, 5.74) is 2.61. The van der Waals surface area contributed by atoms with Crippen LogP contribution in [-0.2, 0) is 20.7 Å². The minimum Gasteiger partial charge on any atom is -0.461 e. The number of para-hydroxylation sites is 1. The van der Waals surface area contributed by atoms with E-state index in [9.17, 15) is 4.79 Å². The first-order chi connectivity index (χ1) is 9.58. The molecule has 0 aromatic heterocycles. The fourth-order valence-corrected chi connectivity index (χ4v) is 3.34. The maximum absolute atomic E-state index is 11.3. The Morgan fingerprint density at radius 2 is 2.15 bits per heavy atom. The lowest BCUT2D eigenvalue weighted by Crippen LogP contribution is -2.50. The van der Waals surface area contributed by atoms with E-state index in [4.69, 9.17) is 9.47 Å². The van der Waals surface area contributed by atoms with E-state index in [1.165, 1.54) is 18.2 Å². The number of hydrogen-bond acceptors (Lipinski definition) is 4. The molecule has 108 valence electrons. The number of carbonyl (C=O) groups excluding carboxylic acids is 1. The number of nitrogens with zero attached hydrogens (tertiary/aromatic N) is 1. The first kappa shape index (κ1) is 13.4. The Hall–Kier alpha value is -1.55. The summed E-state index contributed by atoms with van der Waals surface area (Å²) in [4.78, 5) is 13.6. The molecule has 2 heterocycles. The second-order valence-electron chi connectivity index (χ2n) is 5.77. The molecular weight excluding hydrogens is 254 g/mol. The van der Waals surface area contributed by atoms with Crippen LogP contribution in [0.15, 0.2) is 24.3 Å². The van der Waals surface area contributed by atoms with E-state index in [-0.39, 0.29) is 24.2 Å². The van der Waals surface area contributed by atoms with Gasteiger partial charge >= 0.3 is 5.97 Å². The minimum atomic E-state index is -0.233. The van der Waals surface area contributed by atoms with Gasteiger partial charge in [-0.1, -0.05) is 18.2 Å². The van der Waals surface area contributed by atoms with Gasteiger partial charge in [-0.3, -0.25) is 4.79 Å². The molecule has 4 atom stereocenters. The van der Waals surface area contributed by atoms with Crippen LogP contribution in [0.25, 0.3) is 0 Å². The van der Waals surface area contributed by atoms with Crippen molar-refractivity contribution < 1.29 is 14.3 Å². The van der Waals surface area contributed by atoms with Gasteiger partial charge in [-0.15, -0.1) is 0 Å². The van der Waals surface area contributed by atoms with E-state index < -0.39 is 0 Å². The van der Waals surface area contributed by atoms with Gasteiger partial charge in [0.25, 0.3) is 0 Å². The third kappa shape index (κ3) is 2.40. The van der Waals surface area contributed by atoms with E-state index in [0.29, 0.717) is 6.04 Å². The number of rotatable bonds is 4. The molecule has 0 amide bonds. The van der Waals surface area contributed by atoms with Crippen LogP contribution >= 0.6 is 0 Å².